The molecule has 1 atom stereocenters. The third kappa shape index (κ3) is 7.18. The predicted octanol–water partition coefficient (Wildman–Crippen LogP) is 7.15. The van der Waals surface area contributed by atoms with E-state index >= 15 is 0 Å². The van der Waals surface area contributed by atoms with Crippen molar-refractivity contribution in [3.63, 3.8) is 0 Å². The van der Waals surface area contributed by atoms with Crippen molar-refractivity contribution in [2.24, 2.45) is 0 Å². The zero-order valence-corrected chi connectivity index (χ0v) is 21.4. The molecular weight excluding hydrogens is 498 g/mol. The van der Waals surface area contributed by atoms with Gasteiger partial charge in [0, 0.05) is 26.5 Å². The Morgan fingerprint density at radius 1 is 1.00 bits per heavy atom. The van der Waals surface area contributed by atoms with Crippen molar-refractivity contribution in [3.05, 3.63) is 94.8 Å². The fourth-order valence-corrected chi connectivity index (χ4v) is 5.25. The number of carbonyl (C=O) groups is 2. The van der Waals surface area contributed by atoms with Crippen LogP contribution in [-0.2, 0) is 16.0 Å². The summed E-state index contributed by atoms with van der Waals surface area (Å²) in [6.07, 6.45) is 0.959. The number of nitrogens with zero attached hydrogens (tertiary/aromatic N) is 1. The molecule has 0 saturated heterocycles. The van der Waals surface area contributed by atoms with Gasteiger partial charge >= 0.3 is 0 Å². The third-order valence-electron chi connectivity index (χ3n) is 5.14. The molecule has 0 aliphatic rings. The van der Waals surface area contributed by atoms with E-state index in [0.717, 1.165) is 21.7 Å². The number of anilines is 2. The molecule has 0 radical (unpaired) electrons. The van der Waals surface area contributed by atoms with E-state index in [4.69, 9.17) is 11.6 Å². The van der Waals surface area contributed by atoms with Gasteiger partial charge in [-0.2, -0.15) is 0 Å². The second kappa shape index (κ2) is 12.0. The number of benzene rings is 3. The van der Waals surface area contributed by atoms with Crippen molar-refractivity contribution in [1.82, 2.24) is 4.98 Å². The maximum atomic E-state index is 13.0. The molecule has 2 N–H and O–H groups in total. The number of rotatable bonds is 9. The average molecular weight is 522 g/mol. The van der Waals surface area contributed by atoms with Gasteiger partial charge in [0.25, 0.3) is 0 Å². The predicted molar refractivity (Wildman–Crippen MR) is 146 cm³/mol. The summed E-state index contributed by atoms with van der Waals surface area (Å²) < 4.78 is 0. The lowest BCUT2D eigenvalue weighted by atomic mass is 10.1. The molecule has 4 aromatic rings. The second-order valence-corrected chi connectivity index (χ2v) is 10.4. The number of halogens is 1. The van der Waals surface area contributed by atoms with Crippen molar-refractivity contribution in [2.75, 3.05) is 10.6 Å². The molecule has 3 aromatic carbocycles. The number of hydrogen-bond donors (Lipinski definition) is 2. The second-order valence-electron chi connectivity index (χ2n) is 7.79. The Balaban J connectivity index is 1.36. The Bertz CT molecular complexity index is 1290. The lowest BCUT2D eigenvalue weighted by Gasteiger charge is -2.14. The van der Waals surface area contributed by atoms with Crippen LogP contribution >= 0.6 is 34.7 Å². The first-order chi connectivity index (χ1) is 17.0. The number of carbonyl (C=O) groups excluding carboxylic acids is 2. The van der Waals surface area contributed by atoms with Crippen LogP contribution in [0.1, 0.15) is 18.9 Å². The van der Waals surface area contributed by atoms with Crippen LogP contribution in [0.2, 0.25) is 5.02 Å². The normalized spacial score (nSPS) is 11.6. The number of amides is 2. The zero-order chi connectivity index (χ0) is 24.6. The largest absolute Gasteiger partial charge is 0.326 e. The molecule has 0 bridgehead atoms. The van der Waals surface area contributed by atoms with Crippen LogP contribution < -0.4 is 10.6 Å². The molecule has 35 heavy (non-hydrogen) atoms. The number of thioether (sulfide) groups is 1. The summed E-state index contributed by atoms with van der Waals surface area (Å²) in [6.45, 7) is 1.98. The maximum Gasteiger partial charge on any atom is 0.239 e. The van der Waals surface area contributed by atoms with E-state index in [2.05, 4.69) is 15.6 Å². The van der Waals surface area contributed by atoms with E-state index in [1.807, 2.05) is 91.2 Å². The third-order valence-corrected chi connectivity index (χ3v) is 7.51. The van der Waals surface area contributed by atoms with Gasteiger partial charge < -0.3 is 10.6 Å². The van der Waals surface area contributed by atoms with Gasteiger partial charge in [-0.25, -0.2) is 4.98 Å². The number of thiazole rings is 1. The smallest absolute Gasteiger partial charge is 0.239 e. The molecule has 8 heteroatoms. The monoisotopic (exact) mass is 521 g/mol. The minimum absolute atomic E-state index is 0.0802. The zero-order valence-electron chi connectivity index (χ0n) is 19.0. The van der Waals surface area contributed by atoms with Gasteiger partial charge in [-0.3, -0.25) is 9.59 Å². The molecular formula is C27H24ClN3O2S2. The van der Waals surface area contributed by atoms with E-state index < -0.39 is 0 Å². The fraction of sp³-hybridized carbons (Fsp3) is 0.148. The molecule has 1 aromatic heterocycles. The molecule has 0 spiro atoms. The van der Waals surface area contributed by atoms with Gasteiger partial charge in [0.2, 0.25) is 11.8 Å². The van der Waals surface area contributed by atoms with E-state index in [1.54, 1.807) is 0 Å². The van der Waals surface area contributed by atoms with Gasteiger partial charge in [0.05, 0.1) is 17.4 Å². The molecule has 4 rings (SSSR count). The topological polar surface area (TPSA) is 71.1 Å². The minimum Gasteiger partial charge on any atom is -0.326 e. The molecule has 178 valence electrons. The fourth-order valence-electron chi connectivity index (χ4n) is 3.39. The van der Waals surface area contributed by atoms with E-state index in [9.17, 15) is 9.59 Å². The molecule has 5 nitrogen and oxygen atoms in total. The van der Waals surface area contributed by atoms with Crippen molar-refractivity contribution < 1.29 is 9.59 Å². The molecule has 2 amide bonds. The number of hydrogen-bond acceptors (Lipinski definition) is 5. The van der Waals surface area contributed by atoms with Gasteiger partial charge in [-0.1, -0.05) is 67.1 Å². The lowest BCUT2D eigenvalue weighted by Crippen LogP contribution is -2.24. The van der Waals surface area contributed by atoms with Gasteiger partial charge in [-0.05, 0) is 42.3 Å². The summed E-state index contributed by atoms with van der Waals surface area (Å²) in [5, 5.41) is 8.72. The van der Waals surface area contributed by atoms with E-state index in [-0.39, 0.29) is 17.1 Å². The summed E-state index contributed by atoms with van der Waals surface area (Å²) >= 11 is 8.81. The molecule has 1 heterocycles. The Morgan fingerprint density at radius 3 is 2.51 bits per heavy atom. The molecule has 0 aliphatic carbocycles. The van der Waals surface area contributed by atoms with Crippen LogP contribution in [0.3, 0.4) is 0 Å². The Morgan fingerprint density at radius 2 is 1.77 bits per heavy atom. The minimum atomic E-state index is -0.298. The van der Waals surface area contributed by atoms with Crippen molar-refractivity contribution in [2.45, 2.75) is 29.9 Å². The van der Waals surface area contributed by atoms with E-state index in [0.29, 0.717) is 28.7 Å². The highest BCUT2D eigenvalue weighted by Gasteiger charge is 2.20. The summed E-state index contributed by atoms with van der Waals surface area (Å²) in [6, 6.07) is 24.6. The van der Waals surface area contributed by atoms with Crippen molar-refractivity contribution in [3.8, 4) is 11.3 Å². The average Bonchev–Trinajstić information content (AvgIpc) is 3.32. The summed E-state index contributed by atoms with van der Waals surface area (Å²) in [5.74, 6) is -0.184. The SMILES string of the molecule is CCC(Sc1cccc(NC(=O)Cc2ccccc2)c1)C(=O)Nc1nc(-c2ccc(Cl)cc2)cs1. The van der Waals surface area contributed by atoms with E-state index in [1.165, 1.54) is 23.1 Å². The Hall–Kier alpha value is -3.13. The van der Waals surface area contributed by atoms with Crippen LogP contribution in [-0.4, -0.2) is 22.0 Å². The summed E-state index contributed by atoms with van der Waals surface area (Å²) in [4.78, 5) is 30.8. The van der Waals surface area contributed by atoms with Gasteiger partial charge in [0.1, 0.15) is 0 Å². The highest BCUT2D eigenvalue weighted by Crippen LogP contribution is 2.30. The van der Waals surface area contributed by atoms with Crippen LogP contribution in [0.25, 0.3) is 11.3 Å². The first-order valence-corrected chi connectivity index (χ1v) is 13.3. The lowest BCUT2D eigenvalue weighted by molar-refractivity contribution is -0.116. The number of aromatic nitrogens is 1. The standard InChI is InChI=1S/C27H24ClN3O2S2/c1-2-24(26(33)31-27-30-23(17-34-27)19-11-13-20(28)14-12-19)35-22-10-6-9-21(16-22)29-25(32)15-18-7-4-3-5-8-18/h3-14,16-17,24H,2,15H2,1H3,(H,29,32)(H,30,31,33). The molecule has 0 fully saturated rings. The Kier molecular flexibility index (Phi) is 8.58. The molecule has 0 saturated carbocycles. The summed E-state index contributed by atoms with van der Waals surface area (Å²) in [5.41, 5.74) is 3.40. The molecule has 0 aliphatic heterocycles. The Labute approximate surface area is 218 Å². The van der Waals surface area contributed by atoms with Crippen LogP contribution in [0.15, 0.2) is 89.1 Å². The molecule has 1 unspecified atom stereocenters. The maximum absolute atomic E-state index is 13.0. The summed E-state index contributed by atoms with van der Waals surface area (Å²) in [7, 11) is 0. The first-order valence-electron chi connectivity index (χ1n) is 11.1. The van der Waals surface area contributed by atoms with Gasteiger partial charge in [0.15, 0.2) is 5.13 Å². The van der Waals surface area contributed by atoms with Crippen LogP contribution in [0.5, 0.6) is 0 Å². The van der Waals surface area contributed by atoms with Crippen LogP contribution in [0, 0.1) is 0 Å². The van der Waals surface area contributed by atoms with Crippen molar-refractivity contribution in [1.29, 1.82) is 0 Å². The highest BCUT2D eigenvalue weighted by molar-refractivity contribution is 8.00. The number of nitrogens with one attached hydrogen (secondary N) is 2. The highest BCUT2D eigenvalue weighted by atomic mass is 35.5. The van der Waals surface area contributed by atoms with Gasteiger partial charge in [-0.15, -0.1) is 23.1 Å². The first kappa shape index (κ1) is 25.0. The van der Waals surface area contributed by atoms with Crippen molar-refractivity contribution >= 4 is 57.3 Å². The van der Waals surface area contributed by atoms with Crippen LogP contribution in [0.4, 0.5) is 10.8 Å². The quantitative estimate of drug-likeness (QED) is 0.229.